The van der Waals surface area contributed by atoms with Crippen LogP contribution in [0, 0.1) is 20.8 Å². The molecule has 0 spiro atoms. The number of likely N-dealkylation sites (tertiary alicyclic amines) is 1. The standard InChI is InChI=1S/C14H22N2.ClH/c1-10-6-11(2)14(12(3)7-10)9-16-5-4-13(15)8-16;/h6-7,13H,4-5,8-9,15H2,1-3H3;1H. The molecule has 1 saturated heterocycles. The van der Waals surface area contributed by atoms with Gasteiger partial charge >= 0.3 is 0 Å². The molecule has 3 heteroatoms. The van der Waals surface area contributed by atoms with Gasteiger partial charge in [0.2, 0.25) is 0 Å². The van der Waals surface area contributed by atoms with Crippen LogP contribution in [0.1, 0.15) is 28.7 Å². The van der Waals surface area contributed by atoms with Crippen LogP contribution in [0.25, 0.3) is 0 Å². The lowest BCUT2D eigenvalue weighted by molar-refractivity contribution is 0.325. The molecule has 0 amide bonds. The van der Waals surface area contributed by atoms with E-state index in [2.05, 4.69) is 37.8 Å². The number of halogens is 1. The van der Waals surface area contributed by atoms with Gasteiger partial charge in [0.25, 0.3) is 0 Å². The van der Waals surface area contributed by atoms with E-state index >= 15 is 0 Å². The number of aryl methyl sites for hydroxylation is 3. The van der Waals surface area contributed by atoms with Crippen molar-refractivity contribution in [3.05, 3.63) is 34.4 Å². The van der Waals surface area contributed by atoms with E-state index in [0.717, 1.165) is 26.1 Å². The predicted molar refractivity (Wildman–Crippen MR) is 75.8 cm³/mol. The molecule has 0 aliphatic carbocycles. The van der Waals surface area contributed by atoms with E-state index in [-0.39, 0.29) is 12.4 Å². The highest BCUT2D eigenvalue weighted by atomic mass is 35.5. The molecule has 96 valence electrons. The Bertz CT molecular complexity index is 367. The van der Waals surface area contributed by atoms with Crippen molar-refractivity contribution in [2.24, 2.45) is 5.73 Å². The summed E-state index contributed by atoms with van der Waals surface area (Å²) in [5.74, 6) is 0. The van der Waals surface area contributed by atoms with Crippen LogP contribution in [-0.4, -0.2) is 24.0 Å². The molecule has 1 unspecified atom stereocenters. The van der Waals surface area contributed by atoms with E-state index in [1.807, 2.05) is 0 Å². The lowest BCUT2D eigenvalue weighted by atomic mass is 9.99. The summed E-state index contributed by atoms with van der Waals surface area (Å²) >= 11 is 0. The third-order valence-corrected chi connectivity index (χ3v) is 3.53. The van der Waals surface area contributed by atoms with Crippen molar-refractivity contribution in [3.8, 4) is 0 Å². The van der Waals surface area contributed by atoms with Crippen molar-refractivity contribution in [1.82, 2.24) is 4.90 Å². The summed E-state index contributed by atoms with van der Waals surface area (Å²) in [5, 5.41) is 0. The Kier molecular flexibility index (Phi) is 4.99. The van der Waals surface area contributed by atoms with E-state index < -0.39 is 0 Å². The van der Waals surface area contributed by atoms with Gasteiger partial charge < -0.3 is 5.73 Å². The molecule has 2 nitrogen and oxygen atoms in total. The third kappa shape index (κ3) is 3.44. The first kappa shape index (κ1) is 14.5. The smallest absolute Gasteiger partial charge is 0.0239 e. The predicted octanol–water partition coefficient (Wildman–Crippen LogP) is 2.57. The SMILES string of the molecule is Cc1cc(C)c(CN2CCC(N)C2)c(C)c1.Cl. The second-order valence-corrected chi connectivity index (χ2v) is 5.16. The zero-order chi connectivity index (χ0) is 11.7. The zero-order valence-electron chi connectivity index (χ0n) is 11.0. The van der Waals surface area contributed by atoms with Gasteiger partial charge in [0.1, 0.15) is 0 Å². The maximum absolute atomic E-state index is 5.94. The summed E-state index contributed by atoms with van der Waals surface area (Å²) in [6, 6.07) is 4.93. The van der Waals surface area contributed by atoms with E-state index in [1.165, 1.54) is 22.3 Å². The minimum atomic E-state index is 0. The summed E-state index contributed by atoms with van der Waals surface area (Å²) in [5.41, 5.74) is 11.6. The van der Waals surface area contributed by atoms with E-state index in [4.69, 9.17) is 5.73 Å². The van der Waals surface area contributed by atoms with Crippen molar-refractivity contribution in [2.75, 3.05) is 13.1 Å². The molecule has 1 aromatic rings. The van der Waals surface area contributed by atoms with Crippen molar-refractivity contribution in [1.29, 1.82) is 0 Å². The molecule has 0 bridgehead atoms. The second kappa shape index (κ2) is 5.85. The Morgan fingerprint density at radius 2 is 1.82 bits per heavy atom. The minimum absolute atomic E-state index is 0. The molecular formula is C14H23ClN2. The van der Waals surface area contributed by atoms with Crippen molar-refractivity contribution >= 4 is 12.4 Å². The van der Waals surface area contributed by atoms with Gasteiger partial charge in [0.15, 0.2) is 0 Å². The van der Waals surface area contributed by atoms with Crippen LogP contribution in [0.3, 0.4) is 0 Å². The quantitative estimate of drug-likeness (QED) is 0.879. The van der Waals surface area contributed by atoms with Crippen LogP contribution in [0.15, 0.2) is 12.1 Å². The fourth-order valence-electron chi connectivity index (χ4n) is 2.69. The molecule has 0 saturated carbocycles. The normalized spacial score (nSPS) is 20.4. The number of benzene rings is 1. The third-order valence-electron chi connectivity index (χ3n) is 3.53. The molecule has 0 aromatic heterocycles. The molecule has 1 atom stereocenters. The summed E-state index contributed by atoms with van der Waals surface area (Å²) in [4.78, 5) is 2.47. The molecule has 1 heterocycles. The highest BCUT2D eigenvalue weighted by Crippen LogP contribution is 2.20. The fraction of sp³-hybridized carbons (Fsp3) is 0.571. The van der Waals surface area contributed by atoms with E-state index in [9.17, 15) is 0 Å². The van der Waals surface area contributed by atoms with Gasteiger partial charge in [-0.2, -0.15) is 0 Å². The molecule has 1 aliphatic rings. The van der Waals surface area contributed by atoms with E-state index in [0.29, 0.717) is 6.04 Å². The Morgan fingerprint density at radius 1 is 1.24 bits per heavy atom. The van der Waals surface area contributed by atoms with Gasteiger partial charge in [0, 0.05) is 25.7 Å². The van der Waals surface area contributed by atoms with Gasteiger partial charge in [-0.25, -0.2) is 0 Å². The summed E-state index contributed by atoms with van der Waals surface area (Å²) in [6.07, 6.45) is 1.14. The molecule has 1 fully saturated rings. The maximum atomic E-state index is 5.94. The van der Waals surface area contributed by atoms with Crippen molar-refractivity contribution in [2.45, 2.75) is 39.8 Å². The number of nitrogens with two attached hydrogens (primary N) is 1. The Balaban J connectivity index is 0.00000144. The lowest BCUT2D eigenvalue weighted by Crippen LogP contribution is -2.26. The van der Waals surface area contributed by atoms with Crippen molar-refractivity contribution in [3.63, 3.8) is 0 Å². The summed E-state index contributed by atoms with van der Waals surface area (Å²) in [7, 11) is 0. The first-order valence-corrected chi connectivity index (χ1v) is 6.11. The molecule has 1 aromatic carbocycles. The lowest BCUT2D eigenvalue weighted by Gasteiger charge is -2.19. The number of hydrogen-bond donors (Lipinski definition) is 1. The largest absolute Gasteiger partial charge is 0.326 e. The maximum Gasteiger partial charge on any atom is 0.0239 e. The minimum Gasteiger partial charge on any atom is -0.326 e. The topological polar surface area (TPSA) is 29.3 Å². The Morgan fingerprint density at radius 3 is 2.29 bits per heavy atom. The van der Waals surface area contributed by atoms with Gasteiger partial charge in [-0.1, -0.05) is 17.7 Å². The molecule has 2 rings (SSSR count). The molecular weight excluding hydrogens is 232 g/mol. The van der Waals surface area contributed by atoms with Gasteiger partial charge in [0.05, 0.1) is 0 Å². The summed E-state index contributed by atoms with van der Waals surface area (Å²) < 4.78 is 0. The van der Waals surface area contributed by atoms with Crippen LogP contribution in [0.5, 0.6) is 0 Å². The number of hydrogen-bond acceptors (Lipinski definition) is 2. The summed E-state index contributed by atoms with van der Waals surface area (Å²) in [6.45, 7) is 9.85. The van der Waals surface area contributed by atoms with Crippen molar-refractivity contribution < 1.29 is 0 Å². The second-order valence-electron chi connectivity index (χ2n) is 5.16. The Labute approximate surface area is 111 Å². The first-order chi connectivity index (χ1) is 7.56. The van der Waals surface area contributed by atoms with Crippen LogP contribution >= 0.6 is 12.4 Å². The molecule has 17 heavy (non-hydrogen) atoms. The van der Waals surface area contributed by atoms with Crippen LogP contribution in [0.2, 0.25) is 0 Å². The molecule has 1 aliphatic heterocycles. The molecule has 2 N–H and O–H groups in total. The number of nitrogens with zero attached hydrogens (tertiary/aromatic N) is 1. The average Bonchev–Trinajstić information content (AvgIpc) is 2.58. The van der Waals surface area contributed by atoms with E-state index in [1.54, 1.807) is 0 Å². The average molecular weight is 255 g/mol. The van der Waals surface area contributed by atoms with Crippen LogP contribution < -0.4 is 5.73 Å². The first-order valence-electron chi connectivity index (χ1n) is 6.11. The molecule has 0 radical (unpaired) electrons. The van der Waals surface area contributed by atoms with Gasteiger partial charge in [-0.05, 0) is 43.9 Å². The van der Waals surface area contributed by atoms with Gasteiger partial charge in [-0.15, -0.1) is 12.4 Å². The fourth-order valence-corrected chi connectivity index (χ4v) is 2.69. The zero-order valence-corrected chi connectivity index (χ0v) is 11.8. The van der Waals surface area contributed by atoms with Crippen LogP contribution in [-0.2, 0) is 6.54 Å². The van der Waals surface area contributed by atoms with Crippen LogP contribution in [0.4, 0.5) is 0 Å². The highest BCUT2D eigenvalue weighted by molar-refractivity contribution is 5.85. The monoisotopic (exact) mass is 254 g/mol. The van der Waals surface area contributed by atoms with Gasteiger partial charge in [-0.3, -0.25) is 4.90 Å². The highest BCUT2D eigenvalue weighted by Gasteiger charge is 2.19. The Hall–Kier alpha value is -0.570. The number of rotatable bonds is 2.